The molecule has 0 fully saturated rings. The van der Waals surface area contributed by atoms with E-state index in [2.05, 4.69) is 24.4 Å². The van der Waals surface area contributed by atoms with Crippen molar-refractivity contribution in [1.82, 2.24) is 0 Å². The number of benzene rings is 1. The average molecular weight is 177 g/mol. The minimum absolute atomic E-state index is 0.539. The molecule has 2 nitrogen and oxygen atoms in total. The zero-order chi connectivity index (χ0) is 9.26. The molecule has 1 heterocycles. The summed E-state index contributed by atoms with van der Waals surface area (Å²) in [6.45, 7) is 4.93. The second kappa shape index (κ2) is 3.29. The minimum atomic E-state index is 0.539. The molecule has 0 aliphatic carbocycles. The number of para-hydroxylation sites is 1. The van der Waals surface area contributed by atoms with E-state index in [1.807, 2.05) is 13.0 Å². The lowest BCUT2D eigenvalue weighted by Crippen LogP contribution is -2.09. The van der Waals surface area contributed by atoms with Crippen LogP contribution in [0.4, 0.5) is 5.69 Å². The number of nitrogens with one attached hydrogen (secondary N) is 1. The van der Waals surface area contributed by atoms with E-state index in [0.29, 0.717) is 6.04 Å². The van der Waals surface area contributed by atoms with E-state index >= 15 is 0 Å². The third-order valence-corrected chi connectivity index (χ3v) is 2.33. The third-order valence-electron chi connectivity index (χ3n) is 2.33. The van der Waals surface area contributed by atoms with Crippen molar-refractivity contribution in [3.8, 4) is 5.75 Å². The van der Waals surface area contributed by atoms with Crippen LogP contribution in [0.15, 0.2) is 18.2 Å². The van der Waals surface area contributed by atoms with Crippen molar-refractivity contribution in [2.45, 2.75) is 26.3 Å². The fraction of sp³-hybridized carbons (Fsp3) is 0.455. The number of hydrogen-bond donors (Lipinski definition) is 1. The molecule has 0 spiro atoms. The van der Waals surface area contributed by atoms with Gasteiger partial charge in [-0.15, -0.1) is 0 Å². The zero-order valence-electron chi connectivity index (χ0n) is 8.13. The molecule has 0 aromatic heterocycles. The molecule has 1 N–H and O–H groups in total. The van der Waals surface area contributed by atoms with Crippen LogP contribution in [0.1, 0.15) is 19.4 Å². The fourth-order valence-corrected chi connectivity index (χ4v) is 1.81. The Kier molecular flexibility index (Phi) is 2.13. The van der Waals surface area contributed by atoms with E-state index in [0.717, 1.165) is 18.8 Å². The van der Waals surface area contributed by atoms with E-state index in [9.17, 15) is 0 Å². The highest BCUT2D eigenvalue weighted by Crippen LogP contribution is 2.34. The molecule has 1 aliphatic rings. The smallest absolute Gasteiger partial charge is 0.142 e. The van der Waals surface area contributed by atoms with Gasteiger partial charge in [-0.2, -0.15) is 0 Å². The summed E-state index contributed by atoms with van der Waals surface area (Å²) in [5, 5.41) is 3.43. The highest BCUT2D eigenvalue weighted by molar-refractivity contribution is 5.65. The molecule has 1 atom stereocenters. The lowest BCUT2D eigenvalue weighted by molar-refractivity contribution is 0.342. The second-order valence-electron chi connectivity index (χ2n) is 3.47. The van der Waals surface area contributed by atoms with Crippen LogP contribution >= 0.6 is 0 Å². The summed E-state index contributed by atoms with van der Waals surface area (Å²) in [5.74, 6) is 0.990. The van der Waals surface area contributed by atoms with E-state index in [-0.39, 0.29) is 0 Å². The van der Waals surface area contributed by atoms with Gasteiger partial charge in [0, 0.05) is 6.04 Å². The first-order valence-corrected chi connectivity index (χ1v) is 4.82. The molecule has 13 heavy (non-hydrogen) atoms. The van der Waals surface area contributed by atoms with Gasteiger partial charge in [0.05, 0.1) is 12.3 Å². The van der Waals surface area contributed by atoms with Crippen molar-refractivity contribution in [3.63, 3.8) is 0 Å². The van der Waals surface area contributed by atoms with Crippen LogP contribution in [-0.4, -0.2) is 12.6 Å². The van der Waals surface area contributed by atoms with Crippen molar-refractivity contribution >= 4 is 5.69 Å². The number of ether oxygens (including phenoxy) is 1. The lowest BCUT2D eigenvalue weighted by atomic mass is 10.1. The normalized spacial score (nSPS) is 19.4. The van der Waals surface area contributed by atoms with Crippen LogP contribution in [0.3, 0.4) is 0 Å². The van der Waals surface area contributed by atoms with Gasteiger partial charge >= 0.3 is 0 Å². The molecule has 70 valence electrons. The Morgan fingerprint density at radius 2 is 2.38 bits per heavy atom. The Hall–Kier alpha value is -1.18. The molecule has 1 unspecified atom stereocenters. The Labute approximate surface area is 78.9 Å². The topological polar surface area (TPSA) is 21.3 Å². The molecule has 1 aliphatic heterocycles. The van der Waals surface area contributed by atoms with Crippen molar-refractivity contribution < 1.29 is 4.74 Å². The van der Waals surface area contributed by atoms with Gasteiger partial charge in [-0.25, -0.2) is 0 Å². The molecule has 0 saturated carbocycles. The van der Waals surface area contributed by atoms with Gasteiger partial charge in [-0.3, -0.25) is 0 Å². The Morgan fingerprint density at radius 3 is 3.15 bits per heavy atom. The molecule has 1 aromatic carbocycles. The summed E-state index contributed by atoms with van der Waals surface area (Å²) < 4.78 is 5.53. The standard InChI is InChI=1S/C11H15NO/c1-3-13-10-6-4-5-9-7-8(2)12-11(9)10/h4-6,8,12H,3,7H2,1-2H3. The first kappa shape index (κ1) is 8.42. The van der Waals surface area contributed by atoms with Crippen molar-refractivity contribution in [1.29, 1.82) is 0 Å². The largest absolute Gasteiger partial charge is 0.492 e. The lowest BCUT2D eigenvalue weighted by Gasteiger charge is -2.09. The molecule has 2 rings (SSSR count). The first-order valence-electron chi connectivity index (χ1n) is 4.82. The van der Waals surface area contributed by atoms with Gasteiger partial charge in [-0.05, 0) is 31.9 Å². The fourth-order valence-electron chi connectivity index (χ4n) is 1.81. The third kappa shape index (κ3) is 1.48. The SMILES string of the molecule is CCOc1cccc2c1NC(C)C2. The first-order chi connectivity index (χ1) is 6.31. The van der Waals surface area contributed by atoms with Crippen LogP contribution in [-0.2, 0) is 6.42 Å². The molecular formula is C11H15NO. The predicted octanol–water partition coefficient (Wildman–Crippen LogP) is 2.44. The second-order valence-corrected chi connectivity index (χ2v) is 3.47. The summed E-state index contributed by atoms with van der Waals surface area (Å²) in [6.07, 6.45) is 1.11. The molecule has 0 bridgehead atoms. The van der Waals surface area contributed by atoms with Gasteiger partial charge in [0.15, 0.2) is 0 Å². The van der Waals surface area contributed by atoms with Crippen LogP contribution in [0.5, 0.6) is 5.75 Å². The summed E-state index contributed by atoms with van der Waals surface area (Å²) in [6, 6.07) is 6.78. The van der Waals surface area contributed by atoms with Crippen molar-refractivity contribution in [2.75, 3.05) is 11.9 Å². The van der Waals surface area contributed by atoms with E-state index in [1.54, 1.807) is 0 Å². The highest BCUT2D eigenvalue weighted by Gasteiger charge is 2.19. The predicted molar refractivity (Wildman–Crippen MR) is 54.4 cm³/mol. The van der Waals surface area contributed by atoms with E-state index in [4.69, 9.17) is 4.74 Å². The molecule has 0 amide bonds. The van der Waals surface area contributed by atoms with Crippen molar-refractivity contribution in [3.05, 3.63) is 23.8 Å². The van der Waals surface area contributed by atoms with Crippen LogP contribution in [0, 0.1) is 0 Å². The van der Waals surface area contributed by atoms with Crippen LogP contribution in [0.25, 0.3) is 0 Å². The molecule has 0 radical (unpaired) electrons. The molecular weight excluding hydrogens is 162 g/mol. The van der Waals surface area contributed by atoms with Gasteiger partial charge in [0.2, 0.25) is 0 Å². The van der Waals surface area contributed by atoms with E-state index < -0.39 is 0 Å². The Balaban J connectivity index is 2.34. The van der Waals surface area contributed by atoms with Gasteiger partial charge in [0.1, 0.15) is 5.75 Å². The summed E-state index contributed by atoms with van der Waals surface area (Å²) in [7, 11) is 0. The van der Waals surface area contributed by atoms with Crippen molar-refractivity contribution in [2.24, 2.45) is 0 Å². The Morgan fingerprint density at radius 1 is 1.54 bits per heavy atom. The van der Waals surface area contributed by atoms with Gasteiger partial charge in [-0.1, -0.05) is 12.1 Å². The minimum Gasteiger partial charge on any atom is -0.492 e. The van der Waals surface area contributed by atoms with Crippen LogP contribution in [0.2, 0.25) is 0 Å². The van der Waals surface area contributed by atoms with Crippen LogP contribution < -0.4 is 10.1 Å². The number of rotatable bonds is 2. The maximum atomic E-state index is 5.53. The highest BCUT2D eigenvalue weighted by atomic mass is 16.5. The summed E-state index contributed by atoms with van der Waals surface area (Å²) >= 11 is 0. The average Bonchev–Trinajstić information content (AvgIpc) is 2.47. The zero-order valence-corrected chi connectivity index (χ0v) is 8.13. The number of hydrogen-bond acceptors (Lipinski definition) is 2. The molecule has 1 aromatic rings. The maximum Gasteiger partial charge on any atom is 0.142 e. The summed E-state index contributed by atoms with van der Waals surface area (Å²) in [5.41, 5.74) is 2.57. The number of anilines is 1. The number of fused-ring (bicyclic) bond motifs is 1. The maximum absolute atomic E-state index is 5.53. The quantitative estimate of drug-likeness (QED) is 0.749. The van der Waals surface area contributed by atoms with Gasteiger partial charge < -0.3 is 10.1 Å². The van der Waals surface area contributed by atoms with E-state index in [1.165, 1.54) is 11.3 Å². The monoisotopic (exact) mass is 177 g/mol. The summed E-state index contributed by atoms with van der Waals surface area (Å²) in [4.78, 5) is 0. The molecule has 2 heteroatoms. The Bertz CT molecular complexity index is 309. The molecule has 0 saturated heterocycles. The van der Waals surface area contributed by atoms with Gasteiger partial charge in [0.25, 0.3) is 0 Å².